The molecule has 1 unspecified atom stereocenters. The van der Waals surface area contributed by atoms with E-state index in [4.69, 9.17) is 18.6 Å². The van der Waals surface area contributed by atoms with Crippen LogP contribution in [-0.4, -0.2) is 36.5 Å². The van der Waals surface area contributed by atoms with Crippen LogP contribution in [0.15, 0.2) is 27.4 Å². The van der Waals surface area contributed by atoms with Crippen LogP contribution in [0, 0.1) is 6.92 Å². The standard InChI is InChI=1S/C22H33NO5/c1-7-21(5,25-6)13-14-27-22(8-2,9-3)15-26-20-23-17-12-10-11-16(4)18(17)19(24)28-20/h10-12H,7-9,13-15H2,1-6H3. The van der Waals surface area contributed by atoms with Gasteiger partial charge < -0.3 is 18.6 Å². The van der Waals surface area contributed by atoms with Gasteiger partial charge in [0.25, 0.3) is 0 Å². The summed E-state index contributed by atoms with van der Waals surface area (Å²) in [6.45, 7) is 11.0. The molecule has 0 aliphatic carbocycles. The van der Waals surface area contributed by atoms with Crippen LogP contribution >= 0.6 is 0 Å². The van der Waals surface area contributed by atoms with Gasteiger partial charge in [0.2, 0.25) is 0 Å². The van der Waals surface area contributed by atoms with E-state index < -0.39 is 11.2 Å². The van der Waals surface area contributed by atoms with Crippen LogP contribution in [0.4, 0.5) is 0 Å². The molecule has 0 amide bonds. The third kappa shape index (κ3) is 5.11. The van der Waals surface area contributed by atoms with E-state index in [0.717, 1.165) is 31.2 Å². The van der Waals surface area contributed by atoms with Gasteiger partial charge in [0.1, 0.15) is 12.2 Å². The molecule has 28 heavy (non-hydrogen) atoms. The van der Waals surface area contributed by atoms with Crippen molar-refractivity contribution in [3.8, 4) is 6.08 Å². The number of hydrogen-bond acceptors (Lipinski definition) is 6. The molecule has 0 bridgehead atoms. The van der Waals surface area contributed by atoms with Crippen LogP contribution < -0.4 is 10.4 Å². The molecule has 1 atom stereocenters. The van der Waals surface area contributed by atoms with Crippen LogP contribution in [0.5, 0.6) is 6.08 Å². The number of rotatable bonds is 11. The Morgan fingerprint density at radius 1 is 1.14 bits per heavy atom. The number of aromatic nitrogens is 1. The number of methoxy groups -OCH3 is 1. The quantitative estimate of drug-likeness (QED) is 0.555. The lowest BCUT2D eigenvalue weighted by Gasteiger charge is -2.33. The summed E-state index contributed by atoms with van der Waals surface area (Å²) in [5.74, 6) is 0. The highest BCUT2D eigenvalue weighted by atomic mass is 16.6. The number of nitrogens with zero attached hydrogens (tertiary/aromatic N) is 1. The molecule has 0 saturated carbocycles. The number of fused-ring (bicyclic) bond motifs is 1. The van der Waals surface area contributed by atoms with Gasteiger partial charge in [0.05, 0.1) is 23.1 Å². The maximum Gasteiger partial charge on any atom is 0.397 e. The molecule has 2 rings (SSSR count). The van der Waals surface area contributed by atoms with Gasteiger partial charge in [-0.3, -0.25) is 0 Å². The smallest absolute Gasteiger partial charge is 0.397 e. The van der Waals surface area contributed by atoms with Crippen molar-refractivity contribution in [2.45, 2.75) is 71.5 Å². The molecule has 0 aliphatic rings. The van der Waals surface area contributed by atoms with Crippen molar-refractivity contribution < 1.29 is 18.6 Å². The first-order valence-corrected chi connectivity index (χ1v) is 10.0. The highest BCUT2D eigenvalue weighted by Gasteiger charge is 2.30. The molecular weight excluding hydrogens is 358 g/mol. The second-order valence-electron chi connectivity index (χ2n) is 7.52. The first-order chi connectivity index (χ1) is 13.3. The lowest BCUT2D eigenvalue weighted by Crippen LogP contribution is -2.40. The predicted octanol–water partition coefficient (Wildman–Crippen LogP) is 4.66. The first-order valence-electron chi connectivity index (χ1n) is 10.0. The maximum atomic E-state index is 12.3. The van der Waals surface area contributed by atoms with Gasteiger partial charge in [-0.05, 0) is 51.2 Å². The molecule has 156 valence electrons. The fourth-order valence-electron chi connectivity index (χ4n) is 3.12. The van der Waals surface area contributed by atoms with Gasteiger partial charge in [-0.25, -0.2) is 4.79 Å². The van der Waals surface area contributed by atoms with E-state index in [9.17, 15) is 4.79 Å². The molecule has 0 fully saturated rings. The topological polar surface area (TPSA) is 70.8 Å². The van der Waals surface area contributed by atoms with Crippen molar-refractivity contribution in [3.63, 3.8) is 0 Å². The third-order valence-electron chi connectivity index (χ3n) is 5.87. The van der Waals surface area contributed by atoms with E-state index >= 15 is 0 Å². The van der Waals surface area contributed by atoms with Crippen LogP contribution in [0.25, 0.3) is 10.9 Å². The molecule has 1 aromatic heterocycles. The van der Waals surface area contributed by atoms with Gasteiger partial charge in [0, 0.05) is 7.11 Å². The van der Waals surface area contributed by atoms with Crippen LogP contribution in [0.2, 0.25) is 0 Å². The van der Waals surface area contributed by atoms with Crippen LogP contribution in [0.1, 0.15) is 58.9 Å². The van der Waals surface area contributed by atoms with E-state index in [2.05, 4.69) is 32.7 Å². The van der Waals surface area contributed by atoms with Gasteiger partial charge in [-0.2, -0.15) is 4.98 Å². The maximum absolute atomic E-state index is 12.3. The molecule has 6 nitrogen and oxygen atoms in total. The highest BCUT2D eigenvalue weighted by molar-refractivity contribution is 5.80. The van der Waals surface area contributed by atoms with Crippen molar-refractivity contribution in [1.29, 1.82) is 0 Å². The summed E-state index contributed by atoms with van der Waals surface area (Å²) in [5, 5.41) is 0.488. The van der Waals surface area contributed by atoms with E-state index in [1.807, 2.05) is 19.1 Å². The molecule has 0 radical (unpaired) electrons. The molecule has 0 aliphatic heterocycles. The fraction of sp³-hybridized carbons (Fsp3) is 0.636. The van der Waals surface area contributed by atoms with Crippen molar-refractivity contribution in [2.75, 3.05) is 20.3 Å². The van der Waals surface area contributed by atoms with Gasteiger partial charge in [-0.1, -0.05) is 32.9 Å². The first kappa shape index (κ1) is 22.4. The number of ether oxygens (including phenoxy) is 3. The normalized spacial score (nSPS) is 14.2. The summed E-state index contributed by atoms with van der Waals surface area (Å²) < 4.78 is 22.9. The Kier molecular flexibility index (Phi) is 7.61. The summed E-state index contributed by atoms with van der Waals surface area (Å²) >= 11 is 0. The Labute approximate surface area is 167 Å². The van der Waals surface area contributed by atoms with Gasteiger partial charge in [0.15, 0.2) is 0 Å². The number of hydrogen-bond donors (Lipinski definition) is 0. The zero-order chi connectivity index (χ0) is 20.8. The molecule has 1 aromatic carbocycles. The Hall–Kier alpha value is -1.92. The minimum atomic E-state index is -0.468. The minimum Gasteiger partial charge on any atom is -0.447 e. The lowest BCUT2D eigenvalue weighted by atomic mass is 9.96. The Balaban J connectivity index is 2.10. The molecular formula is C22H33NO5. The number of aryl methyl sites for hydroxylation is 1. The minimum absolute atomic E-state index is 0.0201. The second-order valence-corrected chi connectivity index (χ2v) is 7.52. The molecule has 0 N–H and O–H groups in total. The van der Waals surface area contributed by atoms with Crippen molar-refractivity contribution >= 4 is 10.9 Å². The molecule has 0 saturated heterocycles. The largest absolute Gasteiger partial charge is 0.447 e. The Morgan fingerprint density at radius 3 is 2.46 bits per heavy atom. The van der Waals surface area contributed by atoms with Gasteiger partial charge >= 0.3 is 11.7 Å². The summed E-state index contributed by atoms with van der Waals surface area (Å²) in [5.41, 5.74) is 0.311. The van der Waals surface area contributed by atoms with Crippen LogP contribution in [-0.2, 0) is 9.47 Å². The third-order valence-corrected chi connectivity index (χ3v) is 5.87. The second kappa shape index (κ2) is 9.52. The lowest BCUT2D eigenvalue weighted by molar-refractivity contribution is -0.105. The summed E-state index contributed by atoms with van der Waals surface area (Å²) in [7, 11) is 1.73. The summed E-state index contributed by atoms with van der Waals surface area (Å²) in [4.78, 5) is 16.7. The predicted molar refractivity (Wildman–Crippen MR) is 110 cm³/mol. The SMILES string of the molecule is CCC(C)(CCOC(CC)(CC)COc1nc2cccc(C)c2c(=O)o1)OC. The zero-order valence-electron chi connectivity index (χ0n) is 18.0. The average Bonchev–Trinajstić information content (AvgIpc) is 2.70. The summed E-state index contributed by atoms with van der Waals surface area (Å²) in [6.07, 6.45) is 3.24. The van der Waals surface area contributed by atoms with Crippen molar-refractivity contribution in [1.82, 2.24) is 4.98 Å². The van der Waals surface area contributed by atoms with E-state index in [0.29, 0.717) is 17.5 Å². The van der Waals surface area contributed by atoms with Crippen molar-refractivity contribution in [3.05, 3.63) is 34.2 Å². The number of benzene rings is 1. The zero-order valence-corrected chi connectivity index (χ0v) is 18.0. The molecule has 0 spiro atoms. The Bertz CT molecular complexity index is 821. The highest BCUT2D eigenvalue weighted by Crippen LogP contribution is 2.26. The van der Waals surface area contributed by atoms with E-state index in [1.54, 1.807) is 13.2 Å². The molecule has 1 heterocycles. The monoisotopic (exact) mass is 391 g/mol. The summed E-state index contributed by atoms with van der Waals surface area (Å²) in [6, 6.07) is 5.50. The van der Waals surface area contributed by atoms with E-state index in [-0.39, 0.29) is 18.3 Å². The fourth-order valence-corrected chi connectivity index (χ4v) is 3.12. The van der Waals surface area contributed by atoms with E-state index in [1.165, 1.54) is 0 Å². The molecule has 6 heteroatoms. The molecule has 2 aromatic rings. The van der Waals surface area contributed by atoms with Crippen molar-refractivity contribution in [2.24, 2.45) is 0 Å². The Morgan fingerprint density at radius 2 is 1.86 bits per heavy atom. The van der Waals surface area contributed by atoms with Crippen LogP contribution in [0.3, 0.4) is 0 Å². The average molecular weight is 392 g/mol. The van der Waals surface area contributed by atoms with Gasteiger partial charge in [-0.15, -0.1) is 0 Å².